The summed E-state index contributed by atoms with van der Waals surface area (Å²) in [7, 11) is 1.64. The Kier molecular flexibility index (Phi) is 7.06. The van der Waals surface area contributed by atoms with Crippen LogP contribution in [0.1, 0.15) is 20.3 Å². The maximum absolute atomic E-state index is 12.9. The van der Waals surface area contributed by atoms with Gasteiger partial charge in [-0.25, -0.2) is 0 Å². The summed E-state index contributed by atoms with van der Waals surface area (Å²) in [5.74, 6) is 2.87. The van der Waals surface area contributed by atoms with Crippen LogP contribution < -0.4 is 4.74 Å². The number of carbonyl (C=O) groups is 1. The van der Waals surface area contributed by atoms with E-state index in [2.05, 4.69) is 24.0 Å². The molecule has 0 spiro atoms. The number of likely N-dealkylation sites (tertiary alicyclic amines) is 1. The minimum Gasteiger partial charge on any atom is -0.496 e. The summed E-state index contributed by atoms with van der Waals surface area (Å²) in [6.45, 7) is 6.06. The van der Waals surface area contributed by atoms with Crippen molar-refractivity contribution in [2.24, 2.45) is 11.8 Å². The molecule has 168 valence electrons. The number of benzene rings is 2. The van der Waals surface area contributed by atoms with Crippen molar-refractivity contribution in [3.63, 3.8) is 0 Å². The van der Waals surface area contributed by atoms with Crippen LogP contribution in [0.5, 0.6) is 5.75 Å². The normalized spacial score (nSPS) is 18.6. The number of amides is 1. The molecule has 1 aromatic heterocycles. The zero-order valence-corrected chi connectivity index (χ0v) is 20.1. The quantitative estimate of drug-likeness (QED) is 0.464. The minimum absolute atomic E-state index is 0.137. The summed E-state index contributed by atoms with van der Waals surface area (Å²) in [5, 5.41) is 10.2. The van der Waals surface area contributed by atoms with Crippen molar-refractivity contribution in [1.29, 1.82) is 0 Å². The van der Waals surface area contributed by atoms with Gasteiger partial charge in [-0.05, 0) is 54.7 Å². The van der Waals surface area contributed by atoms with Gasteiger partial charge in [0, 0.05) is 23.8 Å². The fourth-order valence-corrected chi connectivity index (χ4v) is 5.25. The van der Waals surface area contributed by atoms with E-state index in [4.69, 9.17) is 16.3 Å². The molecule has 2 unspecified atom stereocenters. The van der Waals surface area contributed by atoms with Crippen LogP contribution in [0, 0.1) is 11.8 Å². The van der Waals surface area contributed by atoms with Crippen molar-refractivity contribution in [2.45, 2.75) is 25.4 Å². The summed E-state index contributed by atoms with van der Waals surface area (Å²) in [6.07, 6.45) is 1.17. The van der Waals surface area contributed by atoms with E-state index in [0.717, 1.165) is 24.3 Å². The minimum atomic E-state index is 0.137. The molecule has 3 aromatic rings. The molecule has 1 fully saturated rings. The monoisotopic (exact) mass is 470 g/mol. The number of aromatic nitrogens is 3. The standard InChI is InChI=1S/C24H27ClN4O2S/c1-16-12-17(2)14-28(13-16)22(30)15-32-24-27-26-23(20-6-4-5-7-21(20)31-3)29(24)19-10-8-18(25)9-11-19/h4-11,16-17H,12-15H2,1-3H3. The zero-order chi connectivity index (χ0) is 22.7. The van der Waals surface area contributed by atoms with E-state index in [1.54, 1.807) is 7.11 Å². The Morgan fingerprint density at radius 1 is 1.09 bits per heavy atom. The van der Waals surface area contributed by atoms with Gasteiger partial charge in [-0.3, -0.25) is 9.36 Å². The molecule has 2 aromatic carbocycles. The van der Waals surface area contributed by atoms with Gasteiger partial charge in [0.05, 0.1) is 18.4 Å². The summed E-state index contributed by atoms with van der Waals surface area (Å²) in [4.78, 5) is 14.9. The van der Waals surface area contributed by atoms with Gasteiger partial charge in [-0.2, -0.15) is 0 Å². The lowest BCUT2D eigenvalue weighted by atomic mass is 9.92. The molecule has 1 aliphatic heterocycles. The van der Waals surface area contributed by atoms with Gasteiger partial charge in [0.1, 0.15) is 5.75 Å². The van der Waals surface area contributed by atoms with E-state index in [1.165, 1.54) is 18.2 Å². The van der Waals surface area contributed by atoms with Crippen LogP contribution in [-0.2, 0) is 4.79 Å². The number of hydrogen-bond donors (Lipinski definition) is 0. The number of thioether (sulfide) groups is 1. The number of halogens is 1. The zero-order valence-electron chi connectivity index (χ0n) is 18.5. The topological polar surface area (TPSA) is 60.3 Å². The van der Waals surface area contributed by atoms with Crippen molar-refractivity contribution in [2.75, 3.05) is 26.0 Å². The van der Waals surface area contributed by atoms with E-state index >= 15 is 0 Å². The molecule has 0 saturated carbocycles. The molecule has 1 amide bonds. The smallest absolute Gasteiger partial charge is 0.233 e. The highest BCUT2D eigenvalue weighted by Gasteiger charge is 2.26. The molecule has 0 aliphatic carbocycles. The summed E-state index contributed by atoms with van der Waals surface area (Å²) < 4.78 is 7.50. The van der Waals surface area contributed by atoms with Gasteiger partial charge in [0.15, 0.2) is 11.0 Å². The number of rotatable bonds is 6. The molecular formula is C24H27ClN4O2S. The van der Waals surface area contributed by atoms with E-state index in [1.807, 2.05) is 58.0 Å². The first-order valence-electron chi connectivity index (χ1n) is 10.7. The lowest BCUT2D eigenvalue weighted by Crippen LogP contribution is -2.43. The first-order chi connectivity index (χ1) is 15.5. The van der Waals surface area contributed by atoms with Crippen molar-refractivity contribution < 1.29 is 9.53 Å². The highest BCUT2D eigenvalue weighted by molar-refractivity contribution is 7.99. The average Bonchev–Trinajstić information content (AvgIpc) is 3.21. The van der Waals surface area contributed by atoms with Crippen molar-refractivity contribution in [3.8, 4) is 22.8 Å². The van der Waals surface area contributed by atoms with Crippen LogP contribution >= 0.6 is 23.4 Å². The Balaban J connectivity index is 1.64. The Hall–Kier alpha value is -2.51. The van der Waals surface area contributed by atoms with Gasteiger partial charge < -0.3 is 9.64 Å². The summed E-state index contributed by atoms with van der Waals surface area (Å²) in [5.41, 5.74) is 1.70. The average molecular weight is 471 g/mol. The number of hydrogen-bond acceptors (Lipinski definition) is 5. The van der Waals surface area contributed by atoms with E-state index in [0.29, 0.717) is 39.3 Å². The fourth-order valence-electron chi connectivity index (χ4n) is 4.27. The van der Waals surface area contributed by atoms with Crippen LogP contribution in [0.15, 0.2) is 53.7 Å². The fraction of sp³-hybridized carbons (Fsp3) is 0.375. The molecule has 2 atom stereocenters. The predicted molar refractivity (Wildman–Crippen MR) is 129 cm³/mol. The second-order valence-corrected chi connectivity index (χ2v) is 9.73. The SMILES string of the molecule is COc1ccccc1-c1nnc(SCC(=O)N2CC(C)CC(C)C2)n1-c1ccc(Cl)cc1. The molecule has 1 aliphatic rings. The lowest BCUT2D eigenvalue weighted by molar-refractivity contribution is -0.130. The van der Waals surface area contributed by atoms with Crippen LogP contribution in [0.25, 0.3) is 17.1 Å². The molecule has 0 bridgehead atoms. The van der Waals surface area contributed by atoms with Crippen molar-refractivity contribution in [1.82, 2.24) is 19.7 Å². The molecule has 2 heterocycles. The Labute approximate surface area is 197 Å². The second-order valence-electron chi connectivity index (χ2n) is 8.35. The van der Waals surface area contributed by atoms with Crippen LogP contribution in [0.3, 0.4) is 0 Å². The largest absolute Gasteiger partial charge is 0.496 e. The molecule has 6 nitrogen and oxygen atoms in total. The Morgan fingerprint density at radius 2 is 1.78 bits per heavy atom. The molecular weight excluding hydrogens is 444 g/mol. The summed E-state index contributed by atoms with van der Waals surface area (Å²) in [6, 6.07) is 15.2. The van der Waals surface area contributed by atoms with Gasteiger partial charge >= 0.3 is 0 Å². The third-order valence-corrected chi connectivity index (χ3v) is 6.78. The van der Waals surface area contributed by atoms with Crippen molar-refractivity contribution >= 4 is 29.3 Å². The van der Waals surface area contributed by atoms with Gasteiger partial charge in [-0.15, -0.1) is 10.2 Å². The number of methoxy groups -OCH3 is 1. The maximum Gasteiger partial charge on any atom is 0.233 e. The Bertz CT molecular complexity index is 1080. The lowest BCUT2D eigenvalue weighted by Gasteiger charge is -2.34. The number of piperidine rings is 1. The first-order valence-corrected chi connectivity index (χ1v) is 12.1. The third-order valence-electron chi connectivity index (χ3n) is 5.61. The van der Waals surface area contributed by atoms with Gasteiger partial charge in [0.2, 0.25) is 5.91 Å². The number of para-hydroxylation sites is 1. The summed E-state index contributed by atoms with van der Waals surface area (Å²) >= 11 is 7.52. The molecule has 32 heavy (non-hydrogen) atoms. The van der Waals surface area contributed by atoms with Crippen LogP contribution in [-0.4, -0.2) is 51.5 Å². The highest BCUT2D eigenvalue weighted by Crippen LogP contribution is 2.33. The van der Waals surface area contributed by atoms with E-state index < -0.39 is 0 Å². The highest BCUT2D eigenvalue weighted by atomic mass is 35.5. The first kappa shape index (κ1) is 22.7. The Morgan fingerprint density at radius 3 is 2.47 bits per heavy atom. The molecule has 0 radical (unpaired) electrons. The van der Waals surface area contributed by atoms with E-state index in [9.17, 15) is 4.79 Å². The van der Waals surface area contributed by atoms with Crippen molar-refractivity contribution in [3.05, 3.63) is 53.6 Å². The van der Waals surface area contributed by atoms with Gasteiger partial charge in [-0.1, -0.05) is 49.3 Å². The molecule has 0 N–H and O–H groups in total. The van der Waals surface area contributed by atoms with E-state index in [-0.39, 0.29) is 5.91 Å². The molecule has 1 saturated heterocycles. The number of nitrogens with zero attached hydrogens (tertiary/aromatic N) is 4. The number of ether oxygens (including phenoxy) is 1. The third kappa shape index (κ3) is 4.94. The molecule has 8 heteroatoms. The van der Waals surface area contributed by atoms with Gasteiger partial charge in [0.25, 0.3) is 0 Å². The predicted octanol–water partition coefficient (Wildman–Crippen LogP) is 5.19. The van der Waals surface area contributed by atoms with Crippen LogP contribution in [0.2, 0.25) is 5.02 Å². The molecule has 4 rings (SSSR count). The van der Waals surface area contributed by atoms with Crippen LogP contribution in [0.4, 0.5) is 0 Å². The number of carbonyl (C=O) groups excluding carboxylic acids is 1. The maximum atomic E-state index is 12.9. The second kappa shape index (κ2) is 9.96.